The number of hydrogen-bond donors (Lipinski definition) is 2. The van der Waals surface area contributed by atoms with Gasteiger partial charge in [-0.05, 0) is 24.8 Å². The number of amides is 2. The average molecular weight is 330 g/mol. The molecule has 2 fully saturated rings. The Balaban J connectivity index is 1.67. The van der Waals surface area contributed by atoms with Crippen LogP contribution in [0.4, 0.5) is 4.79 Å². The minimum Gasteiger partial charge on any atom is -0.396 e. The average Bonchev–Trinajstić information content (AvgIpc) is 2.99. The highest BCUT2D eigenvalue weighted by Crippen LogP contribution is 2.38. The van der Waals surface area contributed by atoms with Gasteiger partial charge in [0.15, 0.2) is 0 Å². The second-order valence-corrected chi connectivity index (χ2v) is 7.50. The van der Waals surface area contributed by atoms with Crippen LogP contribution < -0.4 is 5.32 Å². The molecular formula is C20H30N2O2. The Kier molecular flexibility index (Phi) is 5.77. The van der Waals surface area contributed by atoms with Gasteiger partial charge in [-0.25, -0.2) is 4.79 Å². The minimum absolute atomic E-state index is 0.0329. The first-order valence-electron chi connectivity index (χ1n) is 9.43. The molecule has 1 aliphatic heterocycles. The van der Waals surface area contributed by atoms with E-state index in [9.17, 15) is 9.90 Å². The molecule has 1 aromatic carbocycles. The molecule has 0 radical (unpaired) electrons. The highest BCUT2D eigenvalue weighted by molar-refractivity contribution is 5.74. The number of carbonyl (C=O) groups excluding carboxylic acids is 1. The predicted molar refractivity (Wildman–Crippen MR) is 96.0 cm³/mol. The van der Waals surface area contributed by atoms with Gasteiger partial charge in [-0.3, -0.25) is 0 Å². The lowest BCUT2D eigenvalue weighted by atomic mass is 9.74. The molecule has 4 nitrogen and oxygen atoms in total. The van der Waals surface area contributed by atoms with E-state index in [-0.39, 0.29) is 24.0 Å². The number of carbonyl (C=O) groups is 1. The Morgan fingerprint density at radius 1 is 1.17 bits per heavy atom. The van der Waals surface area contributed by atoms with Crippen molar-refractivity contribution in [1.82, 2.24) is 10.2 Å². The van der Waals surface area contributed by atoms with Crippen molar-refractivity contribution >= 4 is 6.03 Å². The van der Waals surface area contributed by atoms with E-state index < -0.39 is 0 Å². The molecule has 1 saturated carbocycles. The molecule has 0 spiro atoms. The number of aliphatic hydroxyl groups excluding tert-OH is 1. The Hall–Kier alpha value is -1.55. The standard InChI is InChI=1S/C20H30N2O2/c23-15-17-10-13-22(14-17)19(24)21-16-20(11-6-1-2-7-12-20)18-8-4-3-5-9-18/h3-5,8-9,17,23H,1-2,6-7,10-16H2,(H,21,24). The number of nitrogens with zero attached hydrogens (tertiary/aromatic N) is 1. The second kappa shape index (κ2) is 8.02. The third-order valence-electron chi connectivity index (χ3n) is 5.86. The molecule has 1 aromatic rings. The number of hydrogen-bond acceptors (Lipinski definition) is 2. The third-order valence-corrected chi connectivity index (χ3v) is 5.86. The Morgan fingerprint density at radius 2 is 1.88 bits per heavy atom. The smallest absolute Gasteiger partial charge is 0.317 e. The second-order valence-electron chi connectivity index (χ2n) is 7.50. The van der Waals surface area contributed by atoms with E-state index in [1.54, 1.807) is 0 Å². The van der Waals surface area contributed by atoms with Gasteiger partial charge >= 0.3 is 6.03 Å². The number of urea groups is 1. The topological polar surface area (TPSA) is 52.6 Å². The quantitative estimate of drug-likeness (QED) is 0.832. The molecule has 3 rings (SSSR count). The van der Waals surface area contributed by atoms with E-state index in [4.69, 9.17) is 0 Å². The van der Waals surface area contributed by atoms with Crippen molar-refractivity contribution in [3.8, 4) is 0 Å². The van der Waals surface area contributed by atoms with Gasteiger partial charge in [0.1, 0.15) is 0 Å². The van der Waals surface area contributed by atoms with Crippen LogP contribution in [0.25, 0.3) is 0 Å². The van der Waals surface area contributed by atoms with Crippen LogP contribution in [-0.2, 0) is 5.41 Å². The van der Waals surface area contributed by atoms with Gasteiger partial charge in [-0.15, -0.1) is 0 Å². The van der Waals surface area contributed by atoms with Crippen molar-refractivity contribution in [2.24, 2.45) is 5.92 Å². The molecule has 1 saturated heterocycles. The van der Waals surface area contributed by atoms with E-state index in [2.05, 4.69) is 35.6 Å². The van der Waals surface area contributed by atoms with E-state index >= 15 is 0 Å². The molecule has 2 N–H and O–H groups in total. The number of benzene rings is 1. The number of rotatable bonds is 4. The van der Waals surface area contributed by atoms with E-state index in [1.165, 1.54) is 31.2 Å². The zero-order valence-corrected chi connectivity index (χ0v) is 14.5. The molecule has 1 heterocycles. The van der Waals surface area contributed by atoms with Gasteiger partial charge in [0.25, 0.3) is 0 Å². The van der Waals surface area contributed by atoms with Gasteiger partial charge in [0.05, 0.1) is 0 Å². The van der Waals surface area contributed by atoms with Crippen LogP contribution in [0.5, 0.6) is 0 Å². The van der Waals surface area contributed by atoms with Crippen molar-refractivity contribution in [3.63, 3.8) is 0 Å². The first-order valence-corrected chi connectivity index (χ1v) is 9.43. The number of likely N-dealkylation sites (tertiary alicyclic amines) is 1. The van der Waals surface area contributed by atoms with Crippen molar-refractivity contribution in [3.05, 3.63) is 35.9 Å². The van der Waals surface area contributed by atoms with Gasteiger partial charge < -0.3 is 15.3 Å². The normalized spacial score (nSPS) is 23.7. The zero-order valence-electron chi connectivity index (χ0n) is 14.5. The molecule has 132 valence electrons. The van der Waals surface area contributed by atoms with Crippen molar-refractivity contribution in [2.75, 3.05) is 26.2 Å². The van der Waals surface area contributed by atoms with E-state index in [0.29, 0.717) is 6.54 Å². The van der Waals surface area contributed by atoms with Crippen LogP contribution in [0.15, 0.2) is 30.3 Å². The lowest BCUT2D eigenvalue weighted by Crippen LogP contribution is -2.46. The molecule has 1 unspecified atom stereocenters. The SMILES string of the molecule is O=C(NCC1(c2ccccc2)CCCCCC1)N1CCC(CO)C1. The lowest BCUT2D eigenvalue weighted by Gasteiger charge is -2.34. The molecule has 1 atom stereocenters. The lowest BCUT2D eigenvalue weighted by molar-refractivity contribution is 0.194. The summed E-state index contributed by atoms with van der Waals surface area (Å²) in [5.74, 6) is 0.247. The van der Waals surface area contributed by atoms with E-state index in [0.717, 1.165) is 32.4 Å². The summed E-state index contributed by atoms with van der Waals surface area (Å²) in [6.45, 7) is 2.34. The maximum atomic E-state index is 12.5. The number of aliphatic hydroxyl groups is 1. The first kappa shape index (κ1) is 17.3. The van der Waals surface area contributed by atoms with Crippen molar-refractivity contribution < 1.29 is 9.90 Å². The van der Waals surface area contributed by atoms with Gasteiger partial charge in [-0.2, -0.15) is 0 Å². The fraction of sp³-hybridized carbons (Fsp3) is 0.650. The Labute approximate surface area is 145 Å². The molecule has 24 heavy (non-hydrogen) atoms. The molecule has 4 heteroatoms. The summed E-state index contributed by atoms with van der Waals surface area (Å²) in [7, 11) is 0. The maximum Gasteiger partial charge on any atom is 0.317 e. The van der Waals surface area contributed by atoms with Crippen LogP contribution in [-0.4, -0.2) is 42.3 Å². The summed E-state index contributed by atoms with van der Waals surface area (Å²) >= 11 is 0. The Morgan fingerprint density at radius 3 is 2.50 bits per heavy atom. The van der Waals surface area contributed by atoms with E-state index in [1.807, 2.05) is 4.90 Å². The first-order chi connectivity index (χ1) is 11.7. The summed E-state index contributed by atoms with van der Waals surface area (Å²) in [6, 6.07) is 10.7. The van der Waals surface area contributed by atoms with Crippen LogP contribution >= 0.6 is 0 Å². The summed E-state index contributed by atoms with van der Waals surface area (Å²) in [5.41, 5.74) is 1.44. The highest BCUT2D eigenvalue weighted by Gasteiger charge is 2.34. The number of nitrogens with one attached hydrogen (secondary N) is 1. The molecule has 0 bridgehead atoms. The van der Waals surface area contributed by atoms with Gasteiger partial charge in [0.2, 0.25) is 0 Å². The molecule has 2 amide bonds. The fourth-order valence-electron chi connectivity index (χ4n) is 4.29. The van der Waals surface area contributed by atoms with Crippen LogP contribution in [0.2, 0.25) is 0 Å². The summed E-state index contributed by atoms with van der Waals surface area (Å²) < 4.78 is 0. The summed E-state index contributed by atoms with van der Waals surface area (Å²) in [6.07, 6.45) is 8.28. The fourth-order valence-corrected chi connectivity index (χ4v) is 4.29. The minimum atomic E-state index is 0.0329. The zero-order chi connectivity index (χ0) is 16.8. The Bertz CT molecular complexity index is 524. The van der Waals surface area contributed by atoms with Crippen LogP contribution in [0, 0.1) is 5.92 Å². The highest BCUT2D eigenvalue weighted by atomic mass is 16.3. The maximum absolute atomic E-state index is 12.5. The van der Waals surface area contributed by atoms with Gasteiger partial charge in [0, 0.05) is 37.6 Å². The molecule has 2 aliphatic rings. The van der Waals surface area contributed by atoms with Crippen molar-refractivity contribution in [1.29, 1.82) is 0 Å². The molecule has 0 aromatic heterocycles. The van der Waals surface area contributed by atoms with Gasteiger partial charge in [-0.1, -0.05) is 56.0 Å². The largest absolute Gasteiger partial charge is 0.396 e. The predicted octanol–water partition coefficient (Wildman–Crippen LogP) is 3.30. The molecular weight excluding hydrogens is 300 g/mol. The monoisotopic (exact) mass is 330 g/mol. The van der Waals surface area contributed by atoms with Crippen LogP contribution in [0.3, 0.4) is 0 Å². The van der Waals surface area contributed by atoms with Crippen molar-refractivity contribution in [2.45, 2.75) is 50.4 Å². The van der Waals surface area contributed by atoms with Crippen LogP contribution in [0.1, 0.15) is 50.5 Å². The summed E-state index contributed by atoms with van der Waals surface area (Å²) in [4.78, 5) is 14.4. The summed E-state index contributed by atoms with van der Waals surface area (Å²) in [5, 5.41) is 12.5. The third kappa shape index (κ3) is 3.92. The molecule has 1 aliphatic carbocycles.